The molecule has 380 valence electrons. The van der Waals surface area contributed by atoms with Crippen LogP contribution >= 0.6 is 0 Å². The van der Waals surface area contributed by atoms with Gasteiger partial charge in [-0.25, -0.2) is 17.6 Å². The van der Waals surface area contributed by atoms with Crippen LogP contribution in [0.2, 0.25) is 0 Å². The molecule has 5 saturated heterocycles. The van der Waals surface area contributed by atoms with E-state index in [1.165, 1.54) is 12.1 Å². The Morgan fingerprint density at radius 3 is 2.29 bits per heavy atom. The molecule has 2 bridgehead atoms. The van der Waals surface area contributed by atoms with Crippen LogP contribution in [0.4, 0.5) is 29.1 Å². The summed E-state index contributed by atoms with van der Waals surface area (Å²) in [7, 11) is 0. The maximum atomic E-state index is 17.2. The number of pyridine rings is 1. The van der Waals surface area contributed by atoms with E-state index in [4.69, 9.17) is 19.7 Å². The number of likely N-dealkylation sites (tertiary alicyclic amines) is 2. The molecule has 72 heavy (non-hydrogen) atoms. The van der Waals surface area contributed by atoms with Gasteiger partial charge in [0.15, 0.2) is 5.82 Å². The smallest absolute Gasteiger partial charge is 0.319 e. The number of nitrogens with zero attached hydrogens (tertiary/aromatic N) is 6. The number of phenolic OH excluding ortho intramolecular Hbond substituents is 1. The summed E-state index contributed by atoms with van der Waals surface area (Å²) in [5.74, 6) is -2.52. The monoisotopic (exact) mass is 989 g/mol. The number of hydrogen-bond donors (Lipinski definition) is 4. The van der Waals surface area contributed by atoms with Crippen LogP contribution in [0.1, 0.15) is 101 Å². The zero-order chi connectivity index (χ0) is 49.5. The second-order valence-electron chi connectivity index (χ2n) is 22.5. The zero-order valence-corrected chi connectivity index (χ0v) is 40.9. The van der Waals surface area contributed by atoms with Gasteiger partial charge in [-0.2, -0.15) is 9.97 Å². The Morgan fingerprint density at radius 1 is 0.875 bits per heavy atom. The number of hydrogen-bond acceptors (Lipinski definition) is 12. The van der Waals surface area contributed by atoms with E-state index in [-0.39, 0.29) is 58.2 Å². The Balaban J connectivity index is 0.667. The molecule has 17 heteroatoms. The third-order valence-electron chi connectivity index (χ3n) is 17.4. The van der Waals surface area contributed by atoms with Gasteiger partial charge in [0.25, 0.3) is 0 Å². The molecule has 3 unspecified atom stereocenters. The number of carbonyl (C=O) groups is 2. The SMILES string of the molecule is CCc1cccc2cc(O)cc(-c3ncc4c(N5CC6CCC(C5)N6)nc(OCC5(CN6CCC7(CC6)CC(F)(CN6CCC(c8cc(F)c(NC9CCC(=O)NC9=O)c(F)c8)CC6)C7)CC5)nc4c3F)c12. The number of imide groups is 1. The number of aromatic nitrogens is 3. The predicted octanol–water partition coefficient (Wildman–Crippen LogP) is 8.31. The minimum Gasteiger partial charge on any atom is -0.508 e. The van der Waals surface area contributed by atoms with E-state index in [1.807, 2.05) is 18.2 Å². The summed E-state index contributed by atoms with van der Waals surface area (Å²) in [5, 5.41) is 21.5. The van der Waals surface area contributed by atoms with Crippen LogP contribution in [0.3, 0.4) is 0 Å². The van der Waals surface area contributed by atoms with Crippen molar-refractivity contribution in [2.75, 3.05) is 69.2 Å². The molecular weight excluding hydrogens is 927 g/mol. The van der Waals surface area contributed by atoms with Crippen molar-refractivity contribution in [3.05, 3.63) is 77.2 Å². The highest BCUT2D eigenvalue weighted by atomic mass is 19.1. The summed E-state index contributed by atoms with van der Waals surface area (Å²) in [4.78, 5) is 45.1. The number of nitrogens with one attached hydrogen (secondary N) is 3. The number of ether oxygens (including phenoxy) is 1. The largest absolute Gasteiger partial charge is 0.508 e. The Kier molecular flexibility index (Phi) is 12.1. The third-order valence-corrected chi connectivity index (χ3v) is 17.4. The Morgan fingerprint density at radius 2 is 1.60 bits per heavy atom. The average Bonchev–Trinajstić information content (AvgIpc) is 4.04. The lowest BCUT2D eigenvalue weighted by molar-refractivity contribution is -0.133. The Labute approximate surface area is 416 Å². The van der Waals surface area contributed by atoms with Gasteiger partial charge in [0, 0.05) is 61.9 Å². The average molecular weight is 990 g/mol. The van der Waals surface area contributed by atoms with E-state index < -0.39 is 41.0 Å². The summed E-state index contributed by atoms with van der Waals surface area (Å²) >= 11 is 0. The van der Waals surface area contributed by atoms with Crippen molar-refractivity contribution in [3.63, 3.8) is 0 Å². The number of benzene rings is 3. The standard InChI is InChI=1S/C55H63F4N9O4/c1-2-32-4-3-5-34-20-38(69)23-39(45(32)34)47-46(58)48-40(24-60-47)50(68-25-36-6-7-37(26-68)61-36)65-52(64-48)72-31-54(12-13-54)29-67-18-14-53(15-19-67)27-55(59,28-53)30-66-16-10-33(11-17-66)35-21-41(56)49(42(57)22-35)62-43-8-9-44(70)63-51(43)71/h3-5,20-24,33,36-37,43,61-62,69H,2,6-19,25-31H2,1H3,(H,63,70,71). The molecule has 7 fully saturated rings. The van der Waals surface area contributed by atoms with Gasteiger partial charge in [-0.15, -0.1) is 0 Å². The number of carbonyl (C=O) groups excluding carboxylic acids is 2. The van der Waals surface area contributed by atoms with Crippen molar-refractivity contribution < 1.29 is 37.0 Å². The molecule has 7 heterocycles. The number of piperazine rings is 1. The summed E-state index contributed by atoms with van der Waals surface area (Å²) in [6.07, 6.45) is 11.1. The minimum atomic E-state index is -1.25. The molecule has 2 aromatic heterocycles. The molecule has 5 aromatic rings. The van der Waals surface area contributed by atoms with E-state index in [1.54, 1.807) is 18.3 Å². The Bertz CT molecular complexity index is 2910. The number of aromatic hydroxyl groups is 1. The molecule has 5 aliphatic heterocycles. The fourth-order valence-corrected chi connectivity index (χ4v) is 13.4. The lowest BCUT2D eigenvalue weighted by Gasteiger charge is -2.56. The number of phenols is 1. The minimum absolute atomic E-state index is 0.00505. The first-order valence-corrected chi connectivity index (χ1v) is 26.2. The van der Waals surface area contributed by atoms with Gasteiger partial charge in [0.05, 0.1) is 12.0 Å². The second-order valence-corrected chi connectivity index (χ2v) is 22.5. The molecule has 2 aliphatic carbocycles. The number of anilines is 2. The highest BCUT2D eigenvalue weighted by Gasteiger charge is 2.57. The van der Waals surface area contributed by atoms with Crippen molar-refractivity contribution in [1.82, 2.24) is 35.4 Å². The highest BCUT2D eigenvalue weighted by Crippen LogP contribution is 2.58. The van der Waals surface area contributed by atoms with E-state index in [0.29, 0.717) is 86.3 Å². The van der Waals surface area contributed by atoms with Gasteiger partial charge in [0.1, 0.15) is 51.8 Å². The second kappa shape index (κ2) is 18.4. The summed E-state index contributed by atoms with van der Waals surface area (Å²) in [6, 6.07) is 11.7. The van der Waals surface area contributed by atoms with Crippen LogP contribution in [0, 0.1) is 28.3 Å². The Hall–Kier alpha value is -5.65. The molecular formula is C55H63F4N9O4. The summed E-state index contributed by atoms with van der Waals surface area (Å²) in [6.45, 7) is 8.25. The van der Waals surface area contributed by atoms with Gasteiger partial charge in [-0.1, -0.05) is 25.1 Å². The maximum Gasteiger partial charge on any atom is 0.319 e. The number of rotatable bonds is 13. The van der Waals surface area contributed by atoms with Crippen molar-refractivity contribution in [3.8, 4) is 23.0 Å². The number of aryl methyl sites for hydroxylation is 1. The molecule has 1 spiro atoms. The fraction of sp³-hybridized carbons (Fsp3) is 0.545. The van der Waals surface area contributed by atoms with Crippen LogP contribution < -0.4 is 25.6 Å². The number of halogens is 4. The third kappa shape index (κ3) is 9.11. The molecule has 7 aliphatic rings. The van der Waals surface area contributed by atoms with Crippen molar-refractivity contribution in [2.45, 2.75) is 120 Å². The first-order chi connectivity index (χ1) is 34.7. The quantitative estimate of drug-likeness (QED) is 0.0665. The molecule has 3 aromatic carbocycles. The number of piperidine rings is 3. The van der Waals surface area contributed by atoms with Gasteiger partial charge in [-0.05, 0) is 161 Å². The molecule has 3 atom stereocenters. The molecule has 12 rings (SSSR count). The van der Waals surface area contributed by atoms with Crippen LogP contribution in [0.5, 0.6) is 11.8 Å². The lowest BCUT2D eigenvalue weighted by atomic mass is 9.55. The number of fused-ring (bicyclic) bond motifs is 4. The molecule has 0 radical (unpaired) electrons. The topological polar surface area (TPSA) is 148 Å². The highest BCUT2D eigenvalue weighted by molar-refractivity contribution is 6.02. The lowest BCUT2D eigenvalue weighted by Crippen LogP contribution is -2.59. The normalized spacial score (nSPS) is 25.0. The molecule has 13 nitrogen and oxygen atoms in total. The van der Waals surface area contributed by atoms with Crippen LogP contribution in [0.25, 0.3) is 32.9 Å². The van der Waals surface area contributed by atoms with Gasteiger partial charge >= 0.3 is 6.01 Å². The first kappa shape index (κ1) is 47.4. The maximum absolute atomic E-state index is 17.2. The number of alkyl halides is 1. The van der Waals surface area contributed by atoms with E-state index >= 15 is 17.6 Å². The van der Waals surface area contributed by atoms with Crippen molar-refractivity contribution in [2.24, 2.45) is 10.8 Å². The fourth-order valence-electron chi connectivity index (χ4n) is 13.4. The van der Waals surface area contributed by atoms with E-state index in [9.17, 15) is 14.7 Å². The van der Waals surface area contributed by atoms with Gasteiger partial charge in [-0.3, -0.25) is 19.9 Å². The van der Waals surface area contributed by atoms with Gasteiger partial charge in [0.2, 0.25) is 11.8 Å². The zero-order valence-electron chi connectivity index (χ0n) is 40.9. The van der Waals surface area contributed by atoms with Crippen molar-refractivity contribution >= 4 is 45.0 Å². The van der Waals surface area contributed by atoms with Gasteiger partial charge < -0.3 is 35.2 Å². The van der Waals surface area contributed by atoms with Crippen LogP contribution in [-0.4, -0.2) is 124 Å². The summed E-state index contributed by atoms with van der Waals surface area (Å²) < 4.78 is 70.6. The van der Waals surface area contributed by atoms with E-state index in [0.717, 1.165) is 94.0 Å². The summed E-state index contributed by atoms with van der Waals surface area (Å²) in [5.41, 5.74) is 0.685. The molecule has 2 saturated carbocycles. The van der Waals surface area contributed by atoms with Crippen LogP contribution in [0.15, 0.2) is 48.7 Å². The van der Waals surface area contributed by atoms with Crippen LogP contribution in [-0.2, 0) is 16.0 Å². The first-order valence-electron chi connectivity index (χ1n) is 26.2. The number of amides is 2. The molecule has 2 amide bonds. The predicted molar refractivity (Wildman–Crippen MR) is 266 cm³/mol. The van der Waals surface area contributed by atoms with Crippen molar-refractivity contribution in [1.29, 1.82) is 0 Å². The van der Waals surface area contributed by atoms with E-state index in [2.05, 4.69) is 37.6 Å². The molecule has 4 N–H and O–H groups in total.